The largest absolute Gasteiger partial charge is 0.391 e. The second-order valence-electron chi connectivity index (χ2n) is 6.25. The first-order valence-corrected chi connectivity index (χ1v) is 7.93. The number of carbonyl (C=O) groups excluding carboxylic acids is 1. The van der Waals surface area contributed by atoms with E-state index in [-0.39, 0.29) is 18.1 Å². The first-order valence-electron chi connectivity index (χ1n) is 7.93. The second kappa shape index (κ2) is 6.16. The van der Waals surface area contributed by atoms with Crippen LogP contribution >= 0.6 is 0 Å². The van der Waals surface area contributed by atoms with Crippen LogP contribution in [0.2, 0.25) is 0 Å². The number of hydrogen-bond acceptors (Lipinski definition) is 3. The van der Waals surface area contributed by atoms with Crippen LogP contribution < -0.4 is 0 Å². The van der Waals surface area contributed by atoms with Crippen LogP contribution in [0.25, 0.3) is 0 Å². The fraction of sp³-hybridized carbons (Fsp3) is 0.588. The molecule has 0 bridgehead atoms. The highest BCUT2D eigenvalue weighted by atomic mass is 16.3. The molecule has 2 heterocycles. The Hall–Kier alpha value is -1.39. The molecular weight excluding hydrogens is 264 g/mol. The van der Waals surface area contributed by atoms with E-state index in [4.69, 9.17) is 0 Å². The number of hydrogen-bond donors (Lipinski definition) is 1. The molecule has 4 nitrogen and oxygen atoms in total. The van der Waals surface area contributed by atoms with Gasteiger partial charge in [-0.2, -0.15) is 0 Å². The summed E-state index contributed by atoms with van der Waals surface area (Å²) in [5, 5.41) is 9.74. The lowest BCUT2D eigenvalue weighted by atomic mass is 9.98. The Bertz CT molecular complexity index is 517. The third kappa shape index (κ3) is 3.11. The molecule has 1 aromatic carbocycles. The average Bonchev–Trinajstić information content (AvgIpc) is 2.53. The van der Waals surface area contributed by atoms with Crippen LogP contribution in [0.5, 0.6) is 0 Å². The minimum Gasteiger partial charge on any atom is -0.391 e. The topological polar surface area (TPSA) is 43.8 Å². The molecule has 0 spiro atoms. The van der Waals surface area contributed by atoms with Crippen LogP contribution in [0.15, 0.2) is 24.3 Å². The van der Waals surface area contributed by atoms with Crippen LogP contribution in [0.4, 0.5) is 0 Å². The molecule has 0 aliphatic carbocycles. The molecule has 1 saturated heterocycles. The summed E-state index contributed by atoms with van der Waals surface area (Å²) in [6, 6.07) is 8.38. The van der Waals surface area contributed by atoms with E-state index in [1.165, 1.54) is 11.1 Å². The van der Waals surface area contributed by atoms with E-state index in [1.807, 2.05) is 11.8 Å². The maximum absolute atomic E-state index is 12.6. The van der Waals surface area contributed by atoms with E-state index in [2.05, 4.69) is 29.2 Å². The fourth-order valence-electron chi connectivity index (χ4n) is 3.42. The third-order valence-electron chi connectivity index (χ3n) is 4.77. The van der Waals surface area contributed by atoms with E-state index < -0.39 is 0 Å². The third-order valence-corrected chi connectivity index (χ3v) is 4.77. The van der Waals surface area contributed by atoms with Crippen molar-refractivity contribution in [3.05, 3.63) is 35.4 Å². The highest BCUT2D eigenvalue weighted by Crippen LogP contribution is 2.21. The van der Waals surface area contributed by atoms with Gasteiger partial charge in [0.2, 0.25) is 5.91 Å². The highest BCUT2D eigenvalue weighted by Gasteiger charge is 2.30. The van der Waals surface area contributed by atoms with Gasteiger partial charge >= 0.3 is 0 Å². The quantitative estimate of drug-likeness (QED) is 0.895. The summed E-state index contributed by atoms with van der Waals surface area (Å²) in [7, 11) is 0. The Balaban J connectivity index is 1.66. The number of carbonyl (C=O) groups is 1. The predicted molar refractivity (Wildman–Crippen MR) is 81.8 cm³/mol. The summed E-state index contributed by atoms with van der Waals surface area (Å²) in [5.74, 6) is 0.160. The molecular formula is C17H24N2O2. The lowest BCUT2D eigenvalue weighted by Crippen LogP contribution is -2.52. The van der Waals surface area contributed by atoms with Crippen molar-refractivity contribution in [2.45, 2.75) is 44.9 Å². The van der Waals surface area contributed by atoms with E-state index in [0.29, 0.717) is 6.54 Å². The summed E-state index contributed by atoms with van der Waals surface area (Å²) in [6.07, 6.45) is 2.38. The molecule has 2 aliphatic rings. The lowest BCUT2D eigenvalue weighted by Gasteiger charge is -2.37. The molecule has 2 unspecified atom stereocenters. The van der Waals surface area contributed by atoms with Gasteiger partial charge in [0.05, 0.1) is 12.1 Å². The summed E-state index contributed by atoms with van der Waals surface area (Å²) >= 11 is 0. The maximum Gasteiger partial charge on any atom is 0.239 e. The van der Waals surface area contributed by atoms with Crippen molar-refractivity contribution < 1.29 is 9.90 Å². The first-order chi connectivity index (χ1) is 10.1. The van der Waals surface area contributed by atoms with Gasteiger partial charge in [-0.25, -0.2) is 0 Å². The standard InChI is InChI=1S/C17H24N2O2/c1-13(17(21)19-9-4-7-16(20)12-19)18-10-8-14-5-2-3-6-15(14)11-18/h2-3,5-6,13,16,20H,4,7-12H2,1H3. The van der Waals surface area contributed by atoms with Gasteiger partial charge < -0.3 is 10.0 Å². The maximum atomic E-state index is 12.6. The molecule has 4 heteroatoms. The molecule has 0 saturated carbocycles. The van der Waals surface area contributed by atoms with Crippen LogP contribution in [0.1, 0.15) is 30.9 Å². The second-order valence-corrected chi connectivity index (χ2v) is 6.25. The summed E-state index contributed by atoms with van der Waals surface area (Å²) in [5.41, 5.74) is 2.74. The smallest absolute Gasteiger partial charge is 0.239 e. The number of likely N-dealkylation sites (tertiary alicyclic amines) is 1. The van der Waals surface area contributed by atoms with Gasteiger partial charge in [0.25, 0.3) is 0 Å². The van der Waals surface area contributed by atoms with Crippen molar-refractivity contribution in [2.75, 3.05) is 19.6 Å². The van der Waals surface area contributed by atoms with Crippen LogP contribution in [-0.4, -0.2) is 52.6 Å². The van der Waals surface area contributed by atoms with Crippen molar-refractivity contribution >= 4 is 5.91 Å². The Labute approximate surface area is 126 Å². The molecule has 114 valence electrons. The number of aliphatic hydroxyl groups is 1. The monoisotopic (exact) mass is 288 g/mol. The Morgan fingerprint density at radius 2 is 2.05 bits per heavy atom. The zero-order valence-electron chi connectivity index (χ0n) is 12.7. The summed E-state index contributed by atoms with van der Waals surface area (Å²) in [4.78, 5) is 16.7. The van der Waals surface area contributed by atoms with Gasteiger partial charge in [-0.3, -0.25) is 9.69 Å². The normalized spacial score (nSPS) is 24.5. The molecule has 1 aromatic rings. The Morgan fingerprint density at radius 3 is 2.81 bits per heavy atom. The van der Waals surface area contributed by atoms with Gasteiger partial charge in [0.1, 0.15) is 0 Å². The summed E-state index contributed by atoms with van der Waals surface area (Å²) in [6.45, 7) is 5.05. The lowest BCUT2D eigenvalue weighted by molar-refractivity contribution is -0.139. The van der Waals surface area contributed by atoms with E-state index >= 15 is 0 Å². The number of nitrogens with zero attached hydrogens (tertiary/aromatic N) is 2. The van der Waals surface area contributed by atoms with Crippen molar-refractivity contribution in [3.8, 4) is 0 Å². The molecule has 2 atom stereocenters. The number of piperidine rings is 1. The van der Waals surface area contributed by atoms with Crippen molar-refractivity contribution in [2.24, 2.45) is 0 Å². The zero-order chi connectivity index (χ0) is 14.8. The average molecular weight is 288 g/mol. The number of fused-ring (bicyclic) bond motifs is 1. The Morgan fingerprint density at radius 1 is 1.29 bits per heavy atom. The van der Waals surface area contributed by atoms with E-state index in [1.54, 1.807) is 0 Å². The molecule has 3 rings (SSSR count). The van der Waals surface area contributed by atoms with Crippen molar-refractivity contribution in [1.29, 1.82) is 0 Å². The van der Waals surface area contributed by atoms with Crippen LogP contribution in [0.3, 0.4) is 0 Å². The van der Waals surface area contributed by atoms with Crippen LogP contribution in [0, 0.1) is 0 Å². The molecule has 1 N–H and O–H groups in total. The number of rotatable bonds is 2. The molecule has 1 amide bonds. The highest BCUT2D eigenvalue weighted by molar-refractivity contribution is 5.81. The van der Waals surface area contributed by atoms with Gasteiger partial charge in [-0.1, -0.05) is 24.3 Å². The molecule has 2 aliphatic heterocycles. The minimum atomic E-state index is -0.350. The van der Waals surface area contributed by atoms with Gasteiger partial charge in [0.15, 0.2) is 0 Å². The summed E-state index contributed by atoms with van der Waals surface area (Å²) < 4.78 is 0. The molecule has 0 radical (unpaired) electrons. The van der Waals surface area contributed by atoms with Gasteiger partial charge in [-0.05, 0) is 37.3 Å². The first kappa shape index (κ1) is 14.5. The number of β-amino-alcohol motifs (C(OH)–C–C–N with tert-alkyl or cyclic N) is 1. The van der Waals surface area contributed by atoms with Gasteiger partial charge in [-0.15, -0.1) is 0 Å². The van der Waals surface area contributed by atoms with Crippen LogP contribution in [-0.2, 0) is 17.8 Å². The number of aliphatic hydroxyl groups excluding tert-OH is 1. The predicted octanol–water partition coefficient (Wildman–Crippen LogP) is 1.42. The number of benzene rings is 1. The number of amides is 1. The molecule has 0 aromatic heterocycles. The zero-order valence-corrected chi connectivity index (χ0v) is 12.7. The fourth-order valence-corrected chi connectivity index (χ4v) is 3.42. The SMILES string of the molecule is CC(C(=O)N1CCCC(O)C1)N1CCc2ccccc2C1. The Kier molecular flexibility index (Phi) is 4.27. The van der Waals surface area contributed by atoms with E-state index in [0.717, 1.165) is 38.9 Å². The minimum absolute atomic E-state index is 0.108. The van der Waals surface area contributed by atoms with Gasteiger partial charge in [0, 0.05) is 26.2 Å². The molecule has 21 heavy (non-hydrogen) atoms. The van der Waals surface area contributed by atoms with Crippen molar-refractivity contribution in [1.82, 2.24) is 9.80 Å². The van der Waals surface area contributed by atoms with E-state index in [9.17, 15) is 9.90 Å². The molecule has 1 fully saturated rings. The van der Waals surface area contributed by atoms with Crippen molar-refractivity contribution in [3.63, 3.8) is 0 Å².